The molecule has 74 valence electrons. The summed E-state index contributed by atoms with van der Waals surface area (Å²) in [5.74, 6) is 0. The lowest BCUT2D eigenvalue weighted by Gasteiger charge is -2.19. The molecule has 0 saturated heterocycles. The highest BCUT2D eigenvalue weighted by atomic mass is 35.5. The first-order chi connectivity index (χ1) is 6.48. The number of aromatic amines is 1. The number of aromatic nitrogens is 1. The second-order valence-electron chi connectivity index (χ2n) is 4.65. The van der Waals surface area contributed by atoms with E-state index in [4.69, 9.17) is 11.6 Å². The first-order valence-electron chi connectivity index (χ1n) is 4.75. The molecular weight excluding hydrogens is 194 g/mol. The van der Waals surface area contributed by atoms with Crippen LogP contribution in [0.15, 0.2) is 24.4 Å². The smallest absolute Gasteiger partial charge is 0.0649 e. The molecular formula is C12H14ClN. The van der Waals surface area contributed by atoms with Crippen molar-refractivity contribution in [1.29, 1.82) is 0 Å². The van der Waals surface area contributed by atoms with E-state index >= 15 is 0 Å². The van der Waals surface area contributed by atoms with Crippen molar-refractivity contribution in [3.63, 3.8) is 0 Å². The largest absolute Gasteiger partial charge is 0.360 e. The molecule has 0 unspecified atom stereocenters. The van der Waals surface area contributed by atoms with E-state index in [1.807, 2.05) is 12.3 Å². The quantitative estimate of drug-likeness (QED) is 0.669. The van der Waals surface area contributed by atoms with Gasteiger partial charge >= 0.3 is 0 Å². The van der Waals surface area contributed by atoms with Gasteiger partial charge in [-0.25, -0.2) is 0 Å². The third kappa shape index (κ3) is 1.53. The zero-order valence-corrected chi connectivity index (χ0v) is 9.44. The first kappa shape index (κ1) is 9.60. The maximum Gasteiger partial charge on any atom is 0.0649 e. The summed E-state index contributed by atoms with van der Waals surface area (Å²) in [5.41, 5.74) is 2.45. The molecule has 0 saturated carbocycles. The van der Waals surface area contributed by atoms with Crippen molar-refractivity contribution in [2.24, 2.45) is 0 Å². The van der Waals surface area contributed by atoms with Gasteiger partial charge in [-0.2, -0.15) is 0 Å². The van der Waals surface area contributed by atoms with Crippen LogP contribution in [0, 0.1) is 0 Å². The summed E-state index contributed by atoms with van der Waals surface area (Å²) in [5, 5.41) is 1.99. The zero-order chi connectivity index (χ0) is 10.3. The zero-order valence-electron chi connectivity index (χ0n) is 8.69. The van der Waals surface area contributed by atoms with Gasteiger partial charge in [-0.3, -0.25) is 0 Å². The van der Waals surface area contributed by atoms with Crippen molar-refractivity contribution in [3.05, 3.63) is 35.0 Å². The fraction of sp³-hybridized carbons (Fsp3) is 0.333. The number of benzene rings is 1. The molecule has 0 radical (unpaired) electrons. The van der Waals surface area contributed by atoms with E-state index in [2.05, 4.69) is 37.9 Å². The van der Waals surface area contributed by atoms with Gasteiger partial charge in [0.25, 0.3) is 0 Å². The van der Waals surface area contributed by atoms with E-state index < -0.39 is 0 Å². The molecule has 2 heteroatoms. The van der Waals surface area contributed by atoms with Crippen molar-refractivity contribution in [1.82, 2.24) is 4.98 Å². The van der Waals surface area contributed by atoms with Crippen LogP contribution in [0.1, 0.15) is 26.3 Å². The lowest BCUT2D eigenvalue weighted by atomic mass is 9.86. The van der Waals surface area contributed by atoms with Gasteiger partial charge in [0.1, 0.15) is 0 Å². The molecule has 0 fully saturated rings. The molecule has 0 spiro atoms. The van der Waals surface area contributed by atoms with E-state index in [9.17, 15) is 0 Å². The number of nitrogens with one attached hydrogen (secondary N) is 1. The molecule has 2 rings (SSSR count). The first-order valence-corrected chi connectivity index (χ1v) is 5.13. The minimum atomic E-state index is 0.148. The van der Waals surface area contributed by atoms with Crippen LogP contribution in [-0.4, -0.2) is 4.98 Å². The number of hydrogen-bond acceptors (Lipinski definition) is 0. The third-order valence-electron chi connectivity index (χ3n) is 2.48. The molecule has 0 bridgehead atoms. The van der Waals surface area contributed by atoms with Gasteiger partial charge in [-0.15, -0.1) is 0 Å². The van der Waals surface area contributed by atoms with E-state index in [1.54, 1.807) is 0 Å². The Hall–Kier alpha value is -0.950. The van der Waals surface area contributed by atoms with Crippen LogP contribution < -0.4 is 0 Å². The monoisotopic (exact) mass is 207 g/mol. The van der Waals surface area contributed by atoms with Crippen molar-refractivity contribution in [3.8, 4) is 0 Å². The van der Waals surface area contributed by atoms with Crippen LogP contribution in [0.3, 0.4) is 0 Å². The van der Waals surface area contributed by atoms with Crippen LogP contribution >= 0.6 is 11.6 Å². The second-order valence-corrected chi connectivity index (χ2v) is 5.06. The molecule has 1 N–H and O–H groups in total. The fourth-order valence-corrected chi connectivity index (χ4v) is 1.84. The molecule has 2 aromatic rings. The minimum absolute atomic E-state index is 0.148. The van der Waals surface area contributed by atoms with E-state index in [-0.39, 0.29) is 5.41 Å². The summed E-state index contributed by atoms with van der Waals surface area (Å²) in [6, 6.07) is 6.29. The fourth-order valence-electron chi connectivity index (χ4n) is 1.56. The van der Waals surface area contributed by atoms with Gasteiger partial charge in [0.2, 0.25) is 0 Å². The van der Waals surface area contributed by atoms with Crippen molar-refractivity contribution >= 4 is 22.5 Å². The number of halogens is 1. The SMILES string of the molecule is CC(C)(C)c1cc(Cl)c2[nH]ccc2c1. The Kier molecular flexibility index (Phi) is 2.07. The summed E-state index contributed by atoms with van der Waals surface area (Å²) in [4.78, 5) is 3.13. The van der Waals surface area contributed by atoms with E-state index in [1.165, 1.54) is 10.9 Å². The van der Waals surface area contributed by atoms with Crippen LogP contribution in [0.25, 0.3) is 10.9 Å². The average molecular weight is 208 g/mol. The second kappa shape index (κ2) is 3.03. The molecule has 0 atom stereocenters. The molecule has 1 nitrogen and oxygen atoms in total. The van der Waals surface area contributed by atoms with Crippen LogP contribution in [0.2, 0.25) is 5.02 Å². The Morgan fingerprint density at radius 3 is 2.57 bits per heavy atom. The predicted molar refractivity (Wildman–Crippen MR) is 62.0 cm³/mol. The molecule has 1 aromatic carbocycles. The van der Waals surface area contributed by atoms with Crippen LogP contribution in [0.4, 0.5) is 0 Å². The standard InChI is InChI=1S/C12H14ClN/c1-12(2,3)9-6-8-4-5-14-11(8)10(13)7-9/h4-7,14H,1-3H3. The number of rotatable bonds is 0. The van der Waals surface area contributed by atoms with Crippen molar-refractivity contribution in [2.45, 2.75) is 26.2 Å². The normalized spacial score (nSPS) is 12.3. The average Bonchev–Trinajstić information content (AvgIpc) is 2.50. The predicted octanol–water partition coefficient (Wildman–Crippen LogP) is 4.12. The number of H-pyrrole nitrogens is 1. The van der Waals surface area contributed by atoms with Crippen molar-refractivity contribution in [2.75, 3.05) is 0 Å². The van der Waals surface area contributed by atoms with E-state index in [0.717, 1.165) is 10.5 Å². The van der Waals surface area contributed by atoms with Gasteiger partial charge in [-0.05, 0) is 29.2 Å². The Bertz CT molecular complexity index is 463. The highest BCUT2D eigenvalue weighted by molar-refractivity contribution is 6.35. The summed E-state index contributed by atoms with van der Waals surface area (Å²) in [6.07, 6.45) is 1.92. The lowest BCUT2D eigenvalue weighted by Crippen LogP contribution is -2.10. The molecule has 14 heavy (non-hydrogen) atoms. The Morgan fingerprint density at radius 2 is 1.93 bits per heavy atom. The van der Waals surface area contributed by atoms with E-state index in [0.29, 0.717) is 0 Å². The highest BCUT2D eigenvalue weighted by Crippen LogP contribution is 2.30. The summed E-state index contributed by atoms with van der Waals surface area (Å²) >= 11 is 6.18. The summed E-state index contributed by atoms with van der Waals surface area (Å²) < 4.78 is 0. The van der Waals surface area contributed by atoms with Crippen LogP contribution in [-0.2, 0) is 5.41 Å². The van der Waals surface area contributed by atoms with Crippen LogP contribution in [0.5, 0.6) is 0 Å². The Morgan fingerprint density at radius 1 is 1.21 bits per heavy atom. The van der Waals surface area contributed by atoms with Gasteiger partial charge < -0.3 is 4.98 Å². The number of hydrogen-bond donors (Lipinski definition) is 1. The summed E-state index contributed by atoms with van der Waals surface area (Å²) in [6.45, 7) is 6.57. The molecule has 0 amide bonds. The topological polar surface area (TPSA) is 15.8 Å². The maximum absolute atomic E-state index is 6.18. The maximum atomic E-state index is 6.18. The Balaban J connectivity index is 2.70. The highest BCUT2D eigenvalue weighted by Gasteiger charge is 2.15. The van der Waals surface area contributed by atoms with Gasteiger partial charge in [0.05, 0.1) is 10.5 Å². The minimum Gasteiger partial charge on any atom is -0.360 e. The van der Waals surface area contributed by atoms with Gasteiger partial charge in [0.15, 0.2) is 0 Å². The molecule has 1 aromatic heterocycles. The molecule has 0 aliphatic heterocycles. The van der Waals surface area contributed by atoms with Crippen molar-refractivity contribution < 1.29 is 0 Å². The summed E-state index contributed by atoms with van der Waals surface area (Å²) in [7, 11) is 0. The molecule has 0 aliphatic carbocycles. The van der Waals surface area contributed by atoms with Gasteiger partial charge in [0, 0.05) is 11.6 Å². The lowest BCUT2D eigenvalue weighted by molar-refractivity contribution is 0.591. The van der Waals surface area contributed by atoms with Gasteiger partial charge in [-0.1, -0.05) is 32.4 Å². The number of fused-ring (bicyclic) bond motifs is 1. The third-order valence-corrected chi connectivity index (χ3v) is 2.78. The molecule has 0 aliphatic rings. The molecule has 1 heterocycles. The Labute approximate surface area is 89.1 Å².